The summed E-state index contributed by atoms with van der Waals surface area (Å²) in [6.45, 7) is 3.64. The lowest BCUT2D eigenvalue weighted by atomic mass is 10.1. The fourth-order valence-corrected chi connectivity index (χ4v) is 2.52. The van der Waals surface area contributed by atoms with E-state index in [9.17, 15) is 10.1 Å². The third kappa shape index (κ3) is 2.69. The Morgan fingerprint density at radius 1 is 1.33 bits per heavy atom. The van der Waals surface area contributed by atoms with E-state index in [4.69, 9.17) is 0 Å². The minimum absolute atomic E-state index is 0.117. The van der Waals surface area contributed by atoms with E-state index in [1.54, 1.807) is 24.3 Å². The van der Waals surface area contributed by atoms with Gasteiger partial charge in [-0.25, -0.2) is 9.97 Å². The van der Waals surface area contributed by atoms with Crippen LogP contribution in [0.5, 0.6) is 0 Å². The highest BCUT2D eigenvalue weighted by Crippen LogP contribution is 2.25. The van der Waals surface area contributed by atoms with Gasteiger partial charge in [-0.3, -0.25) is 10.1 Å². The van der Waals surface area contributed by atoms with E-state index in [-0.39, 0.29) is 10.6 Å². The van der Waals surface area contributed by atoms with Gasteiger partial charge in [-0.2, -0.15) is 0 Å². The normalized spacial score (nSPS) is 13.9. The summed E-state index contributed by atoms with van der Waals surface area (Å²) in [5.74, 6) is 0.860. The van der Waals surface area contributed by atoms with Crippen molar-refractivity contribution in [3.8, 4) is 0 Å². The SMILES string of the molecule is CCc1ncc2c(n1)CN(c1ccc([N+](=O)[O-])cc1)CC2. The van der Waals surface area contributed by atoms with Gasteiger partial charge in [0.25, 0.3) is 5.69 Å². The summed E-state index contributed by atoms with van der Waals surface area (Å²) in [5, 5.41) is 10.7. The Labute approximate surface area is 122 Å². The Morgan fingerprint density at radius 2 is 2.10 bits per heavy atom. The van der Waals surface area contributed by atoms with E-state index >= 15 is 0 Å². The number of aryl methyl sites for hydroxylation is 1. The summed E-state index contributed by atoms with van der Waals surface area (Å²) in [6.07, 6.45) is 3.65. The Hall–Kier alpha value is -2.50. The molecule has 0 saturated heterocycles. The summed E-state index contributed by atoms with van der Waals surface area (Å²) in [5.41, 5.74) is 3.37. The van der Waals surface area contributed by atoms with Gasteiger partial charge in [-0.1, -0.05) is 6.92 Å². The molecule has 2 heterocycles. The van der Waals surface area contributed by atoms with Gasteiger partial charge in [0.15, 0.2) is 0 Å². The van der Waals surface area contributed by atoms with Crippen molar-refractivity contribution in [1.29, 1.82) is 0 Å². The van der Waals surface area contributed by atoms with Crippen LogP contribution in [0.15, 0.2) is 30.5 Å². The van der Waals surface area contributed by atoms with Gasteiger partial charge < -0.3 is 4.90 Å². The van der Waals surface area contributed by atoms with E-state index in [1.165, 1.54) is 5.56 Å². The van der Waals surface area contributed by atoms with Crippen molar-refractivity contribution in [2.75, 3.05) is 11.4 Å². The molecule has 0 spiro atoms. The van der Waals surface area contributed by atoms with Gasteiger partial charge in [-0.05, 0) is 24.1 Å². The van der Waals surface area contributed by atoms with E-state index in [1.807, 2.05) is 13.1 Å². The van der Waals surface area contributed by atoms with Gasteiger partial charge in [-0.15, -0.1) is 0 Å². The van der Waals surface area contributed by atoms with Crippen LogP contribution >= 0.6 is 0 Å². The zero-order valence-corrected chi connectivity index (χ0v) is 11.8. The summed E-state index contributed by atoms with van der Waals surface area (Å²) in [4.78, 5) is 21.4. The molecule has 1 aliphatic heterocycles. The largest absolute Gasteiger partial charge is 0.365 e. The quantitative estimate of drug-likeness (QED) is 0.639. The summed E-state index contributed by atoms with van der Waals surface area (Å²) in [7, 11) is 0. The number of nitro benzene ring substituents is 1. The monoisotopic (exact) mass is 284 g/mol. The third-order valence-electron chi connectivity index (χ3n) is 3.74. The number of non-ortho nitro benzene ring substituents is 1. The highest BCUT2D eigenvalue weighted by molar-refractivity contribution is 5.52. The van der Waals surface area contributed by atoms with Crippen LogP contribution in [-0.2, 0) is 19.4 Å². The van der Waals surface area contributed by atoms with E-state index in [0.29, 0.717) is 0 Å². The molecule has 21 heavy (non-hydrogen) atoms. The number of aromatic nitrogens is 2. The minimum Gasteiger partial charge on any atom is -0.365 e. The fraction of sp³-hybridized carbons (Fsp3) is 0.333. The van der Waals surface area contributed by atoms with Crippen LogP contribution in [0, 0.1) is 10.1 Å². The van der Waals surface area contributed by atoms with Crippen LogP contribution in [0.2, 0.25) is 0 Å². The minimum atomic E-state index is -0.379. The molecule has 0 saturated carbocycles. The Bertz CT molecular complexity index is 670. The van der Waals surface area contributed by atoms with Crippen LogP contribution in [-0.4, -0.2) is 21.4 Å². The maximum Gasteiger partial charge on any atom is 0.269 e. The van der Waals surface area contributed by atoms with Gasteiger partial charge in [0.2, 0.25) is 0 Å². The summed E-state index contributed by atoms with van der Waals surface area (Å²) >= 11 is 0. The maximum atomic E-state index is 10.7. The number of hydrogen-bond acceptors (Lipinski definition) is 5. The highest BCUT2D eigenvalue weighted by Gasteiger charge is 2.19. The third-order valence-corrected chi connectivity index (χ3v) is 3.74. The van der Waals surface area contributed by atoms with Crippen molar-refractivity contribution in [3.63, 3.8) is 0 Å². The molecule has 108 valence electrons. The van der Waals surface area contributed by atoms with Gasteiger partial charge in [0.1, 0.15) is 5.82 Å². The van der Waals surface area contributed by atoms with Gasteiger partial charge >= 0.3 is 0 Å². The first-order valence-electron chi connectivity index (χ1n) is 7.00. The molecular weight excluding hydrogens is 268 g/mol. The average molecular weight is 284 g/mol. The molecule has 1 aromatic carbocycles. The zero-order valence-electron chi connectivity index (χ0n) is 11.8. The van der Waals surface area contributed by atoms with Gasteiger partial charge in [0.05, 0.1) is 17.2 Å². The first-order valence-corrected chi connectivity index (χ1v) is 7.00. The van der Waals surface area contributed by atoms with Crippen LogP contribution in [0.25, 0.3) is 0 Å². The lowest BCUT2D eigenvalue weighted by molar-refractivity contribution is -0.384. The molecule has 0 N–H and O–H groups in total. The van der Waals surface area contributed by atoms with Crippen LogP contribution in [0.1, 0.15) is 24.0 Å². The molecule has 0 radical (unpaired) electrons. The Morgan fingerprint density at radius 3 is 2.76 bits per heavy atom. The fourth-order valence-electron chi connectivity index (χ4n) is 2.52. The first kappa shape index (κ1) is 13.5. The predicted molar refractivity (Wildman–Crippen MR) is 79.3 cm³/mol. The topological polar surface area (TPSA) is 72.2 Å². The first-order chi connectivity index (χ1) is 10.2. The van der Waals surface area contributed by atoms with Crippen LogP contribution in [0.3, 0.4) is 0 Å². The van der Waals surface area contributed by atoms with Crippen molar-refractivity contribution >= 4 is 11.4 Å². The standard InChI is InChI=1S/C15H16N4O2/c1-2-15-16-9-11-7-8-18(10-14(11)17-15)12-3-5-13(6-4-12)19(20)21/h3-6,9H,2,7-8,10H2,1H3. The van der Waals surface area contributed by atoms with Crippen molar-refractivity contribution in [3.05, 3.63) is 57.7 Å². The average Bonchev–Trinajstić information content (AvgIpc) is 2.53. The number of nitro groups is 1. The molecule has 6 nitrogen and oxygen atoms in total. The molecule has 3 rings (SSSR count). The Balaban J connectivity index is 1.83. The molecular formula is C15H16N4O2. The smallest absolute Gasteiger partial charge is 0.269 e. The number of anilines is 1. The number of benzene rings is 1. The summed E-state index contributed by atoms with van der Waals surface area (Å²) in [6, 6.07) is 6.68. The predicted octanol–water partition coefficient (Wildman–Crippen LogP) is 2.51. The Kier molecular flexibility index (Phi) is 3.51. The molecule has 0 bridgehead atoms. The molecule has 2 aromatic rings. The number of fused-ring (bicyclic) bond motifs is 1. The van der Waals surface area contributed by atoms with Gasteiger partial charge in [0, 0.05) is 37.0 Å². The van der Waals surface area contributed by atoms with Crippen LogP contribution in [0.4, 0.5) is 11.4 Å². The van der Waals surface area contributed by atoms with Crippen molar-refractivity contribution < 1.29 is 4.92 Å². The number of nitrogens with zero attached hydrogens (tertiary/aromatic N) is 4. The maximum absolute atomic E-state index is 10.7. The molecule has 0 amide bonds. The van der Waals surface area contributed by atoms with Crippen LogP contribution < -0.4 is 4.90 Å². The lowest BCUT2D eigenvalue weighted by Gasteiger charge is -2.29. The van der Waals surface area contributed by atoms with Crippen molar-refractivity contribution in [2.24, 2.45) is 0 Å². The second kappa shape index (κ2) is 5.47. The molecule has 0 atom stereocenters. The van der Waals surface area contributed by atoms with Crippen molar-refractivity contribution in [1.82, 2.24) is 9.97 Å². The summed E-state index contributed by atoms with van der Waals surface area (Å²) < 4.78 is 0. The number of rotatable bonds is 3. The molecule has 6 heteroatoms. The zero-order chi connectivity index (χ0) is 14.8. The lowest BCUT2D eigenvalue weighted by Crippen LogP contribution is -2.31. The molecule has 0 unspecified atom stereocenters. The van der Waals surface area contributed by atoms with E-state index < -0.39 is 0 Å². The van der Waals surface area contributed by atoms with E-state index in [0.717, 1.165) is 43.1 Å². The second-order valence-electron chi connectivity index (χ2n) is 5.06. The second-order valence-corrected chi connectivity index (χ2v) is 5.06. The van der Waals surface area contributed by atoms with Crippen molar-refractivity contribution in [2.45, 2.75) is 26.3 Å². The molecule has 0 aliphatic carbocycles. The number of hydrogen-bond donors (Lipinski definition) is 0. The molecule has 1 aromatic heterocycles. The molecule has 1 aliphatic rings. The molecule has 0 fully saturated rings. The van der Waals surface area contributed by atoms with E-state index in [2.05, 4.69) is 14.9 Å². The highest BCUT2D eigenvalue weighted by atomic mass is 16.6.